The standard InChI is InChI=1S/C26H27F5/c1-2-3-4-5-18-6-8-19(9-7-18)22-14-15-23(24(27)16-22)20-10-12-21(13-11-20)25(28)17-26(29,30)31/h2-3,6-9,14-17,20-21H,4-5,10-13H2,1H3. The molecule has 0 bridgehead atoms. The molecule has 0 nitrogen and oxygen atoms in total. The molecule has 31 heavy (non-hydrogen) atoms. The van der Waals surface area contributed by atoms with Crippen molar-refractivity contribution in [2.24, 2.45) is 5.92 Å². The molecule has 0 atom stereocenters. The molecule has 1 aliphatic rings. The summed E-state index contributed by atoms with van der Waals surface area (Å²) >= 11 is 0. The van der Waals surface area contributed by atoms with E-state index in [0.717, 1.165) is 24.0 Å². The van der Waals surface area contributed by atoms with Crippen LogP contribution in [0.15, 0.2) is 66.5 Å². The van der Waals surface area contributed by atoms with Crippen molar-refractivity contribution in [1.29, 1.82) is 0 Å². The van der Waals surface area contributed by atoms with Gasteiger partial charge in [0.05, 0.1) is 6.08 Å². The fourth-order valence-corrected chi connectivity index (χ4v) is 4.27. The van der Waals surface area contributed by atoms with Crippen molar-refractivity contribution < 1.29 is 22.0 Å². The largest absolute Gasteiger partial charge is 0.412 e. The van der Waals surface area contributed by atoms with E-state index in [1.165, 1.54) is 11.6 Å². The van der Waals surface area contributed by atoms with Gasteiger partial charge in [-0.15, -0.1) is 0 Å². The van der Waals surface area contributed by atoms with E-state index >= 15 is 0 Å². The Morgan fingerprint density at radius 3 is 2.19 bits per heavy atom. The highest BCUT2D eigenvalue weighted by Crippen LogP contribution is 2.41. The van der Waals surface area contributed by atoms with Gasteiger partial charge in [0, 0.05) is 5.92 Å². The van der Waals surface area contributed by atoms with E-state index in [4.69, 9.17) is 0 Å². The second-order valence-corrected chi connectivity index (χ2v) is 8.16. The minimum Gasteiger partial charge on any atom is -0.212 e. The van der Waals surface area contributed by atoms with Crippen LogP contribution >= 0.6 is 0 Å². The molecule has 3 rings (SSSR count). The Kier molecular flexibility index (Phi) is 7.69. The Morgan fingerprint density at radius 2 is 1.61 bits per heavy atom. The number of halogens is 5. The summed E-state index contributed by atoms with van der Waals surface area (Å²) in [5, 5.41) is 0. The van der Waals surface area contributed by atoms with Gasteiger partial charge < -0.3 is 0 Å². The van der Waals surface area contributed by atoms with E-state index < -0.39 is 17.9 Å². The molecule has 0 aliphatic heterocycles. The summed E-state index contributed by atoms with van der Waals surface area (Å²) < 4.78 is 65.7. The number of aryl methyl sites for hydroxylation is 1. The average Bonchev–Trinajstić information content (AvgIpc) is 2.73. The number of benzene rings is 2. The van der Waals surface area contributed by atoms with Crippen LogP contribution in [-0.2, 0) is 6.42 Å². The van der Waals surface area contributed by atoms with Crippen LogP contribution in [0.3, 0.4) is 0 Å². The minimum atomic E-state index is -4.65. The molecule has 0 saturated heterocycles. The molecule has 2 aromatic carbocycles. The van der Waals surface area contributed by atoms with Crippen molar-refractivity contribution in [3.63, 3.8) is 0 Å². The van der Waals surface area contributed by atoms with Crippen LogP contribution in [0.25, 0.3) is 11.1 Å². The Labute approximate surface area is 180 Å². The number of allylic oxidation sites excluding steroid dienone is 4. The Hall–Kier alpha value is -2.43. The fraction of sp³-hybridized carbons (Fsp3) is 0.385. The zero-order chi connectivity index (χ0) is 22.4. The van der Waals surface area contributed by atoms with Gasteiger partial charge in [-0.3, -0.25) is 0 Å². The average molecular weight is 434 g/mol. The van der Waals surface area contributed by atoms with E-state index in [0.29, 0.717) is 31.2 Å². The van der Waals surface area contributed by atoms with Gasteiger partial charge in [0.15, 0.2) is 0 Å². The van der Waals surface area contributed by atoms with Gasteiger partial charge >= 0.3 is 6.18 Å². The fourth-order valence-electron chi connectivity index (χ4n) is 4.27. The monoisotopic (exact) mass is 434 g/mol. The summed E-state index contributed by atoms with van der Waals surface area (Å²) in [6.45, 7) is 2.00. The molecule has 1 aliphatic carbocycles. The molecule has 0 unspecified atom stereocenters. The van der Waals surface area contributed by atoms with Gasteiger partial charge in [0.25, 0.3) is 0 Å². The summed E-state index contributed by atoms with van der Waals surface area (Å²) in [6.07, 6.45) is 2.72. The number of rotatable bonds is 6. The SMILES string of the molecule is CC=CCCc1ccc(-c2ccc(C3CCC(C(F)=CC(F)(F)F)CC3)c(F)c2)cc1. The van der Waals surface area contributed by atoms with Gasteiger partial charge in [-0.2, -0.15) is 13.2 Å². The van der Waals surface area contributed by atoms with Gasteiger partial charge in [-0.1, -0.05) is 48.6 Å². The number of alkyl halides is 3. The highest BCUT2D eigenvalue weighted by Gasteiger charge is 2.31. The summed E-state index contributed by atoms with van der Waals surface area (Å²) in [6, 6.07) is 13.2. The van der Waals surface area contributed by atoms with Crippen molar-refractivity contribution in [1.82, 2.24) is 0 Å². The maximum atomic E-state index is 14.8. The van der Waals surface area contributed by atoms with Crippen LogP contribution in [0.1, 0.15) is 56.1 Å². The van der Waals surface area contributed by atoms with Crippen molar-refractivity contribution >= 4 is 0 Å². The van der Waals surface area contributed by atoms with Crippen molar-refractivity contribution in [2.75, 3.05) is 0 Å². The van der Waals surface area contributed by atoms with Crippen LogP contribution in [-0.4, -0.2) is 6.18 Å². The van der Waals surface area contributed by atoms with E-state index in [-0.39, 0.29) is 17.8 Å². The first-order valence-corrected chi connectivity index (χ1v) is 10.7. The zero-order valence-corrected chi connectivity index (χ0v) is 17.6. The van der Waals surface area contributed by atoms with E-state index in [2.05, 4.69) is 18.2 Å². The first-order chi connectivity index (χ1) is 14.8. The van der Waals surface area contributed by atoms with Gasteiger partial charge in [-0.25, -0.2) is 8.78 Å². The minimum absolute atomic E-state index is 0.0991. The second kappa shape index (κ2) is 10.3. The Balaban J connectivity index is 1.64. The highest BCUT2D eigenvalue weighted by atomic mass is 19.4. The maximum absolute atomic E-state index is 14.8. The summed E-state index contributed by atoms with van der Waals surface area (Å²) in [5.74, 6) is -2.26. The predicted octanol–water partition coefficient (Wildman–Crippen LogP) is 8.69. The van der Waals surface area contributed by atoms with E-state index in [1.54, 1.807) is 6.07 Å². The van der Waals surface area contributed by atoms with Crippen LogP contribution in [0, 0.1) is 11.7 Å². The molecular formula is C26H27F5. The highest BCUT2D eigenvalue weighted by molar-refractivity contribution is 5.64. The van der Waals surface area contributed by atoms with Crippen LogP contribution in [0.2, 0.25) is 0 Å². The molecule has 1 fully saturated rings. The lowest BCUT2D eigenvalue weighted by molar-refractivity contribution is -0.0820. The third-order valence-electron chi connectivity index (χ3n) is 5.98. The molecule has 0 N–H and O–H groups in total. The smallest absolute Gasteiger partial charge is 0.212 e. The summed E-state index contributed by atoms with van der Waals surface area (Å²) in [5.41, 5.74) is 3.50. The van der Waals surface area contributed by atoms with E-state index in [1.807, 2.05) is 31.2 Å². The van der Waals surface area contributed by atoms with Crippen molar-refractivity contribution in [3.05, 3.63) is 83.5 Å². The molecule has 0 aromatic heterocycles. The second-order valence-electron chi connectivity index (χ2n) is 8.16. The molecule has 1 saturated carbocycles. The molecule has 166 valence electrons. The van der Waals surface area contributed by atoms with Gasteiger partial charge in [0.2, 0.25) is 0 Å². The normalized spacial score (nSPS) is 20.4. The maximum Gasteiger partial charge on any atom is 0.412 e. The van der Waals surface area contributed by atoms with Crippen LogP contribution in [0.5, 0.6) is 0 Å². The summed E-state index contributed by atoms with van der Waals surface area (Å²) in [4.78, 5) is 0. The lowest BCUT2D eigenvalue weighted by Crippen LogP contribution is -2.16. The van der Waals surface area contributed by atoms with Gasteiger partial charge in [-0.05, 0) is 79.7 Å². The molecule has 0 heterocycles. The van der Waals surface area contributed by atoms with Crippen LogP contribution < -0.4 is 0 Å². The van der Waals surface area contributed by atoms with Crippen molar-refractivity contribution in [3.8, 4) is 11.1 Å². The molecular weight excluding hydrogens is 407 g/mol. The molecule has 0 spiro atoms. The molecule has 2 aromatic rings. The lowest BCUT2D eigenvalue weighted by atomic mass is 9.77. The topological polar surface area (TPSA) is 0 Å². The first kappa shape index (κ1) is 23.2. The third-order valence-corrected chi connectivity index (χ3v) is 5.98. The Morgan fingerprint density at radius 1 is 0.968 bits per heavy atom. The quantitative estimate of drug-likeness (QED) is 0.315. The lowest BCUT2D eigenvalue weighted by Gasteiger charge is -2.28. The number of hydrogen-bond donors (Lipinski definition) is 0. The number of hydrogen-bond acceptors (Lipinski definition) is 0. The van der Waals surface area contributed by atoms with Crippen molar-refractivity contribution in [2.45, 2.75) is 57.5 Å². The molecule has 0 radical (unpaired) electrons. The molecule has 5 heteroatoms. The summed E-state index contributed by atoms with van der Waals surface area (Å²) in [7, 11) is 0. The first-order valence-electron chi connectivity index (χ1n) is 10.7. The Bertz CT molecular complexity index is 914. The van der Waals surface area contributed by atoms with E-state index in [9.17, 15) is 22.0 Å². The zero-order valence-electron chi connectivity index (χ0n) is 17.6. The predicted molar refractivity (Wildman–Crippen MR) is 115 cm³/mol. The van der Waals surface area contributed by atoms with Gasteiger partial charge in [0.1, 0.15) is 11.6 Å². The third kappa shape index (κ3) is 6.52. The van der Waals surface area contributed by atoms with Crippen LogP contribution in [0.4, 0.5) is 22.0 Å². The molecule has 0 amide bonds.